The van der Waals surface area contributed by atoms with Gasteiger partial charge in [0.25, 0.3) is 0 Å². The van der Waals surface area contributed by atoms with Crippen molar-refractivity contribution >= 4 is 0 Å². The number of aromatic nitrogens is 1. The molecule has 0 aliphatic heterocycles. The molecule has 1 heterocycles. The van der Waals surface area contributed by atoms with Gasteiger partial charge in [-0.1, -0.05) is 78.1 Å². The lowest BCUT2D eigenvalue weighted by Gasteiger charge is -2.38. The molecule has 1 aromatic heterocycles. The largest absolute Gasteiger partial charge is 0.492 e. The van der Waals surface area contributed by atoms with E-state index in [0.29, 0.717) is 0 Å². The Morgan fingerprint density at radius 2 is 1.34 bits per heavy atom. The molecule has 2 nitrogen and oxygen atoms in total. The maximum Gasteiger partial charge on any atom is 0.137 e. The fourth-order valence-corrected chi connectivity index (χ4v) is 6.23. The SMILES string of the molecule is CCCCCCCc1ccc(OCC2CCC(C3CCC(CCCCC)CC3)CC2)cn1. The minimum atomic E-state index is 0.745. The predicted molar refractivity (Wildman–Crippen MR) is 137 cm³/mol. The van der Waals surface area contributed by atoms with Crippen LogP contribution in [0, 0.1) is 23.7 Å². The van der Waals surface area contributed by atoms with Crippen LogP contribution in [0.2, 0.25) is 0 Å². The van der Waals surface area contributed by atoms with E-state index in [9.17, 15) is 0 Å². The monoisotopic (exact) mass is 441 g/mol. The van der Waals surface area contributed by atoms with Crippen LogP contribution in [0.3, 0.4) is 0 Å². The summed E-state index contributed by atoms with van der Waals surface area (Å²) in [6, 6.07) is 4.31. The second-order valence-electron chi connectivity index (χ2n) is 11.0. The van der Waals surface area contributed by atoms with Crippen molar-refractivity contribution in [2.24, 2.45) is 23.7 Å². The number of rotatable bonds is 14. The minimum absolute atomic E-state index is 0.745. The topological polar surface area (TPSA) is 22.1 Å². The van der Waals surface area contributed by atoms with E-state index in [1.807, 2.05) is 6.20 Å². The van der Waals surface area contributed by atoms with Gasteiger partial charge >= 0.3 is 0 Å². The molecule has 3 rings (SSSR count). The number of nitrogens with zero attached hydrogens (tertiary/aromatic N) is 1. The first-order valence-electron chi connectivity index (χ1n) is 14.4. The Balaban J connectivity index is 1.27. The van der Waals surface area contributed by atoms with E-state index in [2.05, 4.69) is 31.0 Å². The Labute approximate surface area is 199 Å². The van der Waals surface area contributed by atoms with Crippen molar-refractivity contribution in [3.8, 4) is 5.75 Å². The molecule has 2 aliphatic rings. The summed E-state index contributed by atoms with van der Waals surface area (Å²) < 4.78 is 6.14. The quantitative estimate of drug-likeness (QED) is 0.268. The number of ether oxygens (including phenoxy) is 1. The van der Waals surface area contributed by atoms with Crippen LogP contribution < -0.4 is 4.74 Å². The van der Waals surface area contributed by atoms with Crippen LogP contribution in [0.5, 0.6) is 5.75 Å². The maximum atomic E-state index is 6.14. The highest BCUT2D eigenvalue weighted by Crippen LogP contribution is 2.42. The van der Waals surface area contributed by atoms with Crippen LogP contribution in [0.4, 0.5) is 0 Å². The normalized spacial score (nSPS) is 26.2. The molecule has 0 aromatic carbocycles. The van der Waals surface area contributed by atoms with Crippen molar-refractivity contribution in [2.75, 3.05) is 6.61 Å². The van der Waals surface area contributed by atoms with Gasteiger partial charge < -0.3 is 4.74 Å². The van der Waals surface area contributed by atoms with Crippen molar-refractivity contribution in [2.45, 2.75) is 129 Å². The van der Waals surface area contributed by atoms with Crippen LogP contribution >= 0.6 is 0 Å². The van der Waals surface area contributed by atoms with Gasteiger partial charge in [0.15, 0.2) is 0 Å². The second-order valence-corrected chi connectivity index (χ2v) is 11.0. The van der Waals surface area contributed by atoms with E-state index >= 15 is 0 Å². The van der Waals surface area contributed by atoms with Crippen molar-refractivity contribution in [1.29, 1.82) is 0 Å². The highest BCUT2D eigenvalue weighted by Gasteiger charge is 2.30. The van der Waals surface area contributed by atoms with Crippen molar-refractivity contribution in [1.82, 2.24) is 4.98 Å². The van der Waals surface area contributed by atoms with Gasteiger partial charge in [-0.2, -0.15) is 0 Å². The zero-order chi connectivity index (χ0) is 22.4. The Hall–Kier alpha value is -1.05. The van der Waals surface area contributed by atoms with Crippen LogP contribution in [0.1, 0.15) is 129 Å². The van der Waals surface area contributed by atoms with Crippen LogP contribution in [-0.4, -0.2) is 11.6 Å². The van der Waals surface area contributed by atoms with Gasteiger partial charge in [0.05, 0.1) is 12.8 Å². The molecule has 0 radical (unpaired) electrons. The number of unbranched alkanes of at least 4 members (excludes halogenated alkanes) is 6. The summed E-state index contributed by atoms with van der Waals surface area (Å²) >= 11 is 0. The molecule has 2 heteroatoms. The maximum absolute atomic E-state index is 6.14. The summed E-state index contributed by atoms with van der Waals surface area (Å²) in [5, 5.41) is 0. The van der Waals surface area contributed by atoms with Gasteiger partial charge in [0.2, 0.25) is 0 Å². The number of aryl methyl sites for hydroxylation is 1. The molecule has 2 aliphatic carbocycles. The predicted octanol–water partition coefficient (Wildman–Crippen LogP) is 9.17. The Kier molecular flexibility index (Phi) is 12.0. The summed E-state index contributed by atoms with van der Waals surface area (Å²) in [5.41, 5.74) is 1.22. The van der Waals surface area contributed by atoms with E-state index in [0.717, 1.165) is 42.4 Å². The van der Waals surface area contributed by atoms with Gasteiger partial charge in [-0.05, 0) is 87.2 Å². The third kappa shape index (κ3) is 9.06. The molecule has 32 heavy (non-hydrogen) atoms. The number of hydrogen-bond donors (Lipinski definition) is 0. The average Bonchev–Trinajstić information content (AvgIpc) is 2.84. The molecular formula is C30H51NO. The molecular weight excluding hydrogens is 390 g/mol. The van der Waals surface area contributed by atoms with Gasteiger partial charge in [0, 0.05) is 5.69 Å². The zero-order valence-electron chi connectivity index (χ0n) is 21.3. The molecule has 0 bridgehead atoms. The van der Waals surface area contributed by atoms with Crippen molar-refractivity contribution in [3.05, 3.63) is 24.0 Å². The fourth-order valence-electron chi connectivity index (χ4n) is 6.23. The summed E-state index contributed by atoms with van der Waals surface area (Å²) in [4.78, 5) is 4.64. The van der Waals surface area contributed by atoms with E-state index in [1.54, 1.807) is 0 Å². The van der Waals surface area contributed by atoms with Gasteiger partial charge in [0.1, 0.15) is 5.75 Å². The van der Waals surface area contributed by atoms with Crippen LogP contribution in [-0.2, 0) is 6.42 Å². The lowest BCUT2D eigenvalue weighted by molar-refractivity contribution is 0.121. The van der Waals surface area contributed by atoms with Crippen molar-refractivity contribution in [3.63, 3.8) is 0 Å². The van der Waals surface area contributed by atoms with E-state index in [1.165, 1.54) is 115 Å². The first-order valence-corrected chi connectivity index (χ1v) is 14.4. The van der Waals surface area contributed by atoms with E-state index in [-0.39, 0.29) is 0 Å². The van der Waals surface area contributed by atoms with Crippen LogP contribution in [0.15, 0.2) is 18.3 Å². The summed E-state index contributed by atoms with van der Waals surface area (Å²) in [6.07, 6.45) is 27.1. The van der Waals surface area contributed by atoms with Crippen molar-refractivity contribution < 1.29 is 4.74 Å². The molecule has 0 unspecified atom stereocenters. The summed E-state index contributed by atoms with van der Waals surface area (Å²) in [6.45, 7) is 5.48. The standard InChI is InChI=1S/C30H51NO/c1-3-5-7-8-10-12-29-21-22-30(23-31-29)32-24-26-15-19-28(20-16-26)27-17-13-25(14-18-27)11-9-6-4-2/h21-23,25-28H,3-20,24H2,1-2H3. The molecule has 0 atom stereocenters. The molecule has 182 valence electrons. The molecule has 2 saturated carbocycles. The summed E-state index contributed by atoms with van der Waals surface area (Å²) in [7, 11) is 0. The van der Waals surface area contributed by atoms with E-state index < -0.39 is 0 Å². The van der Waals surface area contributed by atoms with Gasteiger partial charge in [-0.3, -0.25) is 4.98 Å². The average molecular weight is 442 g/mol. The van der Waals surface area contributed by atoms with Gasteiger partial charge in [-0.15, -0.1) is 0 Å². The Morgan fingerprint density at radius 3 is 1.97 bits per heavy atom. The third-order valence-corrected chi connectivity index (χ3v) is 8.49. The number of pyridine rings is 1. The first-order chi connectivity index (χ1) is 15.8. The summed E-state index contributed by atoms with van der Waals surface area (Å²) in [5.74, 6) is 4.78. The molecule has 0 spiro atoms. The highest BCUT2D eigenvalue weighted by molar-refractivity contribution is 5.20. The molecule has 0 saturated heterocycles. The smallest absolute Gasteiger partial charge is 0.137 e. The molecule has 0 amide bonds. The Bertz CT molecular complexity index is 581. The molecule has 1 aromatic rings. The lowest BCUT2D eigenvalue weighted by atomic mass is 9.69. The second kappa shape index (κ2) is 15.0. The lowest BCUT2D eigenvalue weighted by Crippen LogP contribution is -2.27. The van der Waals surface area contributed by atoms with E-state index in [4.69, 9.17) is 4.74 Å². The first kappa shape index (κ1) is 25.6. The molecule has 0 N–H and O–H groups in total. The zero-order valence-corrected chi connectivity index (χ0v) is 21.3. The highest BCUT2D eigenvalue weighted by atomic mass is 16.5. The Morgan fingerprint density at radius 1 is 0.719 bits per heavy atom. The third-order valence-electron chi connectivity index (χ3n) is 8.49. The van der Waals surface area contributed by atoms with Gasteiger partial charge in [-0.25, -0.2) is 0 Å². The van der Waals surface area contributed by atoms with Crippen LogP contribution in [0.25, 0.3) is 0 Å². The minimum Gasteiger partial charge on any atom is -0.492 e. The molecule has 2 fully saturated rings. The number of hydrogen-bond acceptors (Lipinski definition) is 2. The fraction of sp³-hybridized carbons (Fsp3) is 0.833.